The number of hydrogen-bond donors (Lipinski definition) is 0. The molecule has 8 aromatic rings. The van der Waals surface area contributed by atoms with Gasteiger partial charge in [0, 0.05) is 53.1 Å². The topological polar surface area (TPSA) is 3.24 Å². The van der Waals surface area contributed by atoms with Crippen molar-refractivity contribution in [1.82, 2.24) is 0 Å². The second-order valence-corrected chi connectivity index (χ2v) is 13.8. The molecule has 1 aliphatic carbocycles. The molecule has 0 unspecified atom stereocenters. The second kappa shape index (κ2) is 9.43. The molecule has 0 aliphatic heterocycles. The Kier molecular flexibility index (Phi) is 5.54. The molecule has 0 amide bonds. The highest BCUT2D eigenvalue weighted by atomic mass is 35.5. The third-order valence-electron chi connectivity index (χ3n) is 9.48. The molecule has 210 valence electrons. The fourth-order valence-electron chi connectivity index (χ4n) is 7.41. The zero-order valence-corrected chi connectivity index (χ0v) is 26.0. The Morgan fingerprint density at radius 2 is 1.20 bits per heavy atom. The van der Waals surface area contributed by atoms with Gasteiger partial charge < -0.3 is 4.90 Å². The van der Waals surface area contributed by atoms with Crippen LogP contribution in [0.15, 0.2) is 133 Å². The Labute approximate surface area is 265 Å². The lowest BCUT2D eigenvalue weighted by Crippen LogP contribution is -2.16. The van der Waals surface area contributed by atoms with E-state index in [-0.39, 0.29) is 5.41 Å². The summed E-state index contributed by atoms with van der Waals surface area (Å²) in [6, 6.07) is 48.6. The lowest BCUT2D eigenvalue weighted by molar-refractivity contribution is 0.660. The van der Waals surface area contributed by atoms with Gasteiger partial charge in [0.1, 0.15) is 0 Å². The lowest BCUT2D eigenvalue weighted by Gasteiger charge is -2.28. The molecule has 0 fully saturated rings. The van der Waals surface area contributed by atoms with Crippen LogP contribution in [0, 0.1) is 0 Å². The van der Waals surface area contributed by atoms with Gasteiger partial charge >= 0.3 is 0 Å². The monoisotopic (exact) mass is 601 g/mol. The maximum Gasteiger partial charge on any atom is 0.0476 e. The van der Waals surface area contributed by atoms with Crippen LogP contribution < -0.4 is 4.90 Å². The van der Waals surface area contributed by atoms with Gasteiger partial charge in [0.2, 0.25) is 0 Å². The highest BCUT2D eigenvalue weighted by Crippen LogP contribution is 2.51. The molecule has 0 saturated heterocycles. The molecule has 1 nitrogen and oxygen atoms in total. The summed E-state index contributed by atoms with van der Waals surface area (Å²) in [4.78, 5) is 2.40. The van der Waals surface area contributed by atoms with Crippen LogP contribution in [0.4, 0.5) is 17.1 Å². The Hall–Kier alpha value is -4.63. The zero-order chi connectivity index (χ0) is 29.6. The van der Waals surface area contributed by atoms with Gasteiger partial charge in [-0.2, -0.15) is 0 Å². The van der Waals surface area contributed by atoms with Crippen molar-refractivity contribution >= 4 is 81.7 Å². The summed E-state index contributed by atoms with van der Waals surface area (Å²) in [7, 11) is 0. The number of fused-ring (bicyclic) bond motifs is 11. The van der Waals surface area contributed by atoms with Gasteiger partial charge in [0.05, 0.1) is 0 Å². The van der Waals surface area contributed by atoms with E-state index in [0.717, 1.165) is 16.4 Å². The largest absolute Gasteiger partial charge is 0.310 e. The lowest BCUT2D eigenvalue weighted by atomic mass is 9.82. The maximum absolute atomic E-state index is 6.50. The number of nitrogens with zero attached hydrogens (tertiary/aromatic N) is 1. The highest BCUT2D eigenvalue weighted by Gasteiger charge is 2.35. The average Bonchev–Trinajstić information content (AvgIpc) is 3.54. The quantitative estimate of drug-likeness (QED) is 0.182. The van der Waals surface area contributed by atoms with E-state index in [0.29, 0.717) is 0 Å². The van der Waals surface area contributed by atoms with Gasteiger partial charge in [-0.3, -0.25) is 0 Å². The van der Waals surface area contributed by atoms with E-state index in [1.54, 1.807) is 0 Å². The first-order chi connectivity index (χ1) is 21.5. The number of halogens is 1. The van der Waals surface area contributed by atoms with Crippen molar-refractivity contribution in [3.05, 3.63) is 150 Å². The summed E-state index contributed by atoms with van der Waals surface area (Å²) < 4.78 is 2.59. The third kappa shape index (κ3) is 3.65. The number of benzene rings is 7. The van der Waals surface area contributed by atoms with Crippen molar-refractivity contribution in [2.75, 3.05) is 4.90 Å². The van der Waals surface area contributed by atoms with E-state index in [1.165, 1.54) is 69.7 Å². The van der Waals surface area contributed by atoms with Crippen molar-refractivity contribution in [3.63, 3.8) is 0 Å². The van der Waals surface area contributed by atoms with Crippen molar-refractivity contribution in [2.24, 2.45) is 0 Å². The average molecular weight is 602 g/mol. The van der Waals surface area contributed by atoms with Crippen LogP contribution in [0.5, 0.6) is 0 Å². The summed E-state index contributed by atoms with van der Waals surface area (Å²) in [6.07, 6.45) is 0. The van der Waals surface area contributed by atoms with E-state index in [9.17, 15) is 0 Å². The fourth-order valence-corrected chi connectivity index (χ4v) is 8.87. The van der Waals surface area contributed by atoms with Gasteiger partial charge in [0.25, 0.3) is 0 Å². The van der Waals surface area contributed by atoms with Crippen molar-refractivity contribution in [1.29, 1.82) is 0 Å². The molecule has 0 spiro atoms. The highest BCUT2D eigenvalue weighted by molar-refractivity contribution is 7.27. The van der Waals surface area contributed by atoms with Crippen LogP contribution in [0.1, 0.15) is 25.0 Å². The predicted molar refractivity (Wildman–Crippen MR) is 192 cm³/mol. The van der Waals surface area contributed by atoms with E-state index < -0.39 is 0 Å². The van der Waals surface area contributed by atoms with E-state index in [4.69, 9.17) is 11.6 Å². The van der Waals surface area contributed by atoms with Gasteiger partial charge in [-0.15, -0.1) is 11.3 Å². The molecule has 0 radical (unpaired) electrons. The summed E-state index contributed by atoms with van der Waals surface area (Å²) in [5, 5.41) is 8.37. The normalized spacial score (nSPS) is 13.5. The fraction of sp³-hybridized carbons (Fsp3) is 0.0732. The number of thiophene rings is 1. The smallest absolute Gasteiger partial charge is 0.0476 e. The minimum absolute atomic E-state index is 0.0647. The van der Waals surface area contributed by atoms with Crippen LogP contribution in [0.25, 0.3) is 52.8 Å². The number of hydrogen-bond acceptors (Lipinski definition) is 2. The SMILES string of the molecule is CC1(C)c2ccccc2-c2ccc(N(c3ccccc3)c3ccc4c(c3)sc3c5ccc(Cl)cc5c5ccccc5c43)cc21. The molecular weight excluding hydrogens is 574 g/mol. The third-order valence-corrected chi connectivity index (χ3v) is 10.9. The molecule has 1 heterocycles. The predicted octanol–water partition coefficient (Wildman–Crippen LogP) is 12.8. The molecule has 3 heteroatoms. The molecule has 9 rings (SSSR count). The first-order valence-corrected chi connectivity index (χ1v) is 16.2. The first-order valence-electron chi connectivity index (χ1n) is 15.0. The number of para-hydroxylation sites is 1. The molecule has 0 bridgehead atoms. The van der Waals surface area contributed by atoms with Crippen molar-refractivity contribution in [3.8, 4) is 11.1 Å². The molecular formula is C41H28ClNS. The minimum atomic E-state index is -0.0647. The summed E-state index contributed by atoms with van der Waals surface area (Å²) in [5.74, 6) is 0. The van der Waals surface area contributed by atoms with Crippen LogP contribution in [0.3, 0.4) is 0 Å². The molecule has 0 atom stereocenters. The van der Waals surface area contributed by atoms with Gasteiger partial charge in [0.15, 0.2) is 0 Å². The Balaban J connectivity index is 1.28. The standard InChI is InChI=1S/C41H28ClNS/c1-41(2)36-15-9-8-13-30(36)31-20-17-27(23-37(31)41)43(26-10-4-3-5-11-26)28-18-21-34-38(24-28)44-40-33-19-16-25(42)22-35(33)29-12-6-7-14-32(29)39(34)40/h3-24H,1-2H3. The van der Waals surface area contributed by atoms with Crippen molar-refractivity contribution in [2.45, 2.75) is 19.3 Å². The number of anilines is 3. The Bertz CT molecular complexity index is 2440. The minimum Gasteiger partial charge on any atom is -0.310 e. The van der Waals surface area contributed by atoms with E-state index in [2.05, 4.69) is 146 Å². The van der Waals surface area contributed by atoms with Gasteiger partial charge in [-0.1, -0.05) is 110 Å². The van der Waals surface area contributed by atoms with Crippen LogP contribution >= 0.6 is 22.9 Å². The zero-order valence-electron chi connectivity index (χ0n) is 24.4. The Morgan fingerprint density at radius 3 is 2.07 bits per heavy atom. The molecule has 1 aliphatic rings. The van der Waals surface area contributed by atoms with E-state index >= 15 is 0 Å². The molecule has 0 N–H and O–H groups in total. The first kappa shape index (κ1) is 25.8. The van der Waals surface area contributed by atoms with E-state index in [1.807, 2.05) is 17.4 Å². The summed E-state index contributed by atoms with van der Waals surface area (Å²) in [5.41, 5.74) is 8.85. The summed E-state index contributed by atoms with van der Waals surface area (Å²) >= 11 is 8.37. The second-order valence-electron chi connectivity index (χ2n) is 12.3. The molecule has 0 saturated carbocycles. The van der Waals surface area contributed by atoms with Gasteiger partial charge in [-0.05, 0) is 86.9 Å². The molecule has 7 aromatic carbocycles. The molecule has 44 heavy (non-hydrogen) atoms. The molecule has 1 aromatic heterocycles. The van der Waals surface area contributed by atoms with Crippen LogP contribution in [-0.4, -0.2) is 0 Å². The summed E-state index contributed by atoms with van der Waals surface area (Å²) in [6.45, 7) is 4.69. The van der Waals surface area contributed by atoms with Crippen LogP contribution in [-0.2, 0) is 5.41 Å². The van der Waals surface area contributed by atoms with Gasteiger partial charge in [-0.25, -0.2) is 0 Å². The van der Waals surface area contributed by atoms with Crippen molar-refractivity contribution < 1.29 is 0 Å². The maximum atomic E-state index is 6.50. The Morgan fingerprint density at radius 1 is 0.523 bits per heavy atom. The van der Waals surface area contributed by atoms with Crippen LogP contribution in [0.2, 0.25) is 5.02 Å². The number of rotatable bonds is 3.